The van der Waals surface area contributed by atoms with Gasteiger partial charge in [-0.2, -0.15) is 0 Å². The fraction of sp³-hybridized carbons (Fsp3) is 0.148. The van der Waals surface area contributed by atoms with Crippen LogP contribution in [0.4, 0.5) is 10.2 Å². The van der Waals surface area contributed by atoms with Gasteiger partial charge in [0.2, 0.25) is 5.91 Å². The quantitative estimate of drug-likeness (QED) is 0.246. The van der Waals surface area contributed by atoms with Crippen LogP contribution in [0.2, 0.25) is 0 Å². The highest BCUT2D eigenvalue weighted by Gasteiger charge is 2.18. The molecule has 1 amide bonds. The molecule has 4 rings (SSSR count). The van der Waals surface area contributed by atoms with Gasteiger partial charge in [-0.3, -0.25) is 4.79 Å². The third-order valence-electron chi connectivity index (χ3n) is 5.49. The lowest BCUT2D eigenvalue weighted by Crippen LogP contribution is -2.09. The minimum Gasteiger partial charge on any atom is -0.497 e. The Morgan fingerprint density at radius 2 is 1.83 bits per heavy atom. The van der Waals surface area contributed by atoms with Gasteiger partial charge in [-0.05, 0) is 60.9 Å². The summed E-state index contributed by atoms with van der Waals surface area (Å²) in [6.07, 6.45) is 6.65. The smallest absolute Gasteiger partial charge is 0.249 e. The molecule has 0 saturated carbocycles. The van der Waals surface area contributed by atoms with E-state index in [1.165, 1.54) is 30.0 Å². The summed E-state index contributed by atoms with van der Waals surface area (Å²) in [7, 11) is 5.06. The molecular formula is C27H25FN4O3S. The zero-order chi connectivity index (χ0) is 25.7. The van der Waals surface area contributed by atoms with Crippen molar-refractivity contribution in [2.45, 2.75) is 5.16 Å². The van der Waals surface area contributed by atoms with Crippen molar-refractivity contribution in [3.05, 3.63) is 78.3 Å². The molecule has 4 aromatic rings. The standard InChI is InChI=1S/C27H25FN4O3S/c1-32-26(25(31-27(32)36-4)18-5-9-20(28)10-6-18)19-13-14-29-23(15-19)30-24(33)12-8-17-7-11-21(34-2)16-22(17)35-3/h5-16H,1-4H3,(H,29,30,33)/b12-8+. The monoisotopic (exact) mass is 504 g/mol. The molecule has 0 aliphatic rings. The summed E-state index contributed by atoms with van der Waals surface area (Å²) in [5.74, 6) is 0.990. The molecule has 2 heterocycles. The molecule has 7 nitrogen and oxygen atoms in total. The van der Waals surface area contributed by atoms with Crippen LogP contribution in [0.5, 0.6) is 11.5 Å². The van der Waals surface area contributed by atoms with Crippen molar-refractivity contribution in [1.29, 1.82) is 0 Å². The van der Waals surface area contributed by atoms with Crippen LogP contribution in [-0.4, -0.2) is 40.9 Å². The summed E-state index contributed by atoms with van der Waals surface area (Å²) in [5.41, 5.74) is 3.90. The lowest BCUT2D eigenvalue weighted by Gasteiger charge is -2.09. The number of aromatic nitrogens is 3. The van der Waals surface area contributed by atoms with Gasteiger partial charge in [0.25, 0.3) is 0 Å². The SMILES string of the molecule is COc1ccc(/C=C/C(=O)Nc2cc(-c3c(-c4ccc(F)cc4)nc(SC)n3C)ccn2)c(OC)c1. The molecule has 2 aromatic heterocycles. The third kappa shape index (κ3) is 5.41. The second-order valence-electron chi connectivity index (χ2n) is 7.72. The average Bonchev–Trinajstić information content (AvgIpc) is 3.23. The highest BCUT2D eigenvalue weighted by Crippen LogP contribution is 2.35. The van der Waals surface area contributed by atoms with Crippen molar-refractivity contribution >= 4 is 29.6 Å². The van der Waals surface area contributed by atoms with Crippen LogP contribution in [0.1, 0.15) is 5.56 Å². The van der Waals surface area contributed by atoms with Gasteiger partial charge in [0.15, 0.2) is 5.16 Å². The molecule has 0 aliphatic heterocycles. The molecule has 0 bridgehead atoms. The summed E-state index contributed by atoms with van der Waals surface area (Å²) >= 11 is 1.51. The molecule has 0 atom stereocenters. The molecule has 0 saturated heterocycles. The lowest BCUT2D eigenvalue weighted by molar-refractivity contribution is -0.111. The van der Waals surface area contributed by atoms with Crippen LogP contribution in [-0.2, 0) is 11.8 Å². The number of hydrogen-bond donors (Lipinski definition) is 1. The molecule has 1 N–H and O–H groups in total. The number of nitrogens with one attached hydrogen (secondary N) is 1. The van der Waals surface area contributed by atoms with Crippen LogP contribution >= 0.6 is 11.8 Å². The van der Waals surface area contributed by atoms with Crippen molar-refractivity contribution < 1.29 is 18.7 Å². The number of imidazole rings is 1. The molecule has 36 heavy (non-hydrogen) atoms. The Balaban J connectivity index is 1.60. The number of methoxy groups -OCH3 is 2. The van der Waals surface area contributed by atoms with Crippen LogP contribution in [0.25, 0.3) is 28.6 Å². The Morgan fingerprint density at radius 3 is 2.53 bits per heavy atom. The fourth-order valence-corrected chi connectivity index (χ4v) is 4.28. The predicted octanol–water partition coefficient (Wildman–Crippen LogP) is 5.68. The van der Waals surface area contributed by atoms with Crippen molar-refractivity contribution in [2.75, 3.05) is 25.8 Å². The first-order chi connectivity index (χ1) is 17.4. The number of benzene rings is 2. The van der Waals surface area contributed by atoms with Gasteiger partial charge in [0, 0.05) is 42.1 Å². The number of pyridine rings is 1. The summed E-state index contributed by atoms with van der Waals surface area (Å²) in [6, 6.07) is 15.2. The number of anilines is 1. The zero-order valence-corrected chi connectivity index (χ0v) is 21.1. The van der Waals surface area contributed by atoms with Gasteiger partial charge in [0.1, 0.15) is 23.1 Å². The van der Waals surface area contributed by atoms with E-state index in [1.807, 2.05) is 30.0 Å². The molecule has 0 unspecified atom stereocenters. The van der Waals surface area contributed by atoms with E-state index in [0.29, 0.717) is 17.3 Å². The highest BCUT2D eigenvalue weighted by molar-refractivity contribution is 7.98. The van der Waals surface area contributed by atoms with Gasteiger partial charge in [-0.15, -0.1) is 0 Å². The Labute approximate surface area is 213 Å². The van der Waals surface area contributed by atoms with Gasteiger partial charge in [-0.1, -0.05) is 11.8 Å². The average molecular weight is 505 g/mol. The number of rotatable bonds is 8. The molecule has 0 fully saturated rings. The number of carbonyl (C=O) groups is 1. The highest BCUT2D eigenvalue weighted by atomic mass is 32.2. The van der Waals surface area contributed by atoms with Crippen LogP contribution in [0.15, 0.2) is 72.0 Å². The summed E-state index contributed by atoms with van der Waals surface area (Å²) < 4.78 is 26.1. The van der Waals surface area contributed by atoms with E-state index in [1.54, 1.807) is 56.8 Å². The topological polar surface area (TPSA) is 78.3 Å². The maximum atomic E-state index is 13.5. The minimum absolute atomic E-state index is 0.310. The van der Waals surface area contributed by atoms with Crippen LogP contribution in [0.3, 0.4) is 0 Å². The predicted molar refractivity (Wildman–Crippen MR) is 141 cm³/mol. The maximum absolute atomic E-state index is 13.5. The number of carbonyl (C=O) groups excluding carboxylic acids is 1. The normalized spacial score (nSPS) is 11.0. The third-order valence-corrected chi connectivity index (χ3v) is 6.22. The number of amides is 1. The van der Waals surface area contributed by atoms with E-state index in [-0.39, 0.29) is 11.7 Å². The number of halogens is 1. The first kappa shape index (κ1) is 25.0. The molecule has 0 aliphatic carbocycles. The van der Waals surface area contributed by atoms with Crippen molar-refractivity contribution in [3.8, 4) is 34.0 Å². The van der Waals surface area contributed by atoms with E-state index in [4.69, 9.17) is 14.5 Å². The van der Waals surface area contributed by atoms with Gasteiger partial charge >= 0.3 is 0 Å². The summed E-state index contributed by atoms with van der Waals surface area (Å²) in [5, 5.41) is 3.61. The van der Waals surface area contributed by atoms with E-state index in [0.717, 1.165) is 33.2 Å². The molecule has 9 heteroatoms. The Bertz CT molecular complexity index is 1420. The van der Waals surface area contributed by atoms with Gasteiger partial charge < -0.3 is 19.4 Å². The van der Waals surface area contributed by atoms with Crippen molar-refractivity contribution in [3.63, 3.8) is 0 Å². The van der Waals surface area contributed by atoms with Crippen LogP contribution < -0.4 is 14.8 Å². The van der Waals surface area contributed by atoms with E-state index < -0.39 is 0 Å². The minimum atomic E-state index is -0.342. The van der Waals surface area contributed by atoms with Gasteiger partial charge in [0.05, 0.1) is 25.6 Å². The Kier molecular flexibility index (Phi) is 7.70. The summed E-state index contributed by atoms with van der Waals surface area (Å²) in [4.78, 5) is 21.7. The van der Waals surface area contributed by atoms with E-state index in [2.05, 4.69) is 10.3 Å². The number of thioether (sulfide) groups is 1. The number of ether oxygens (including phenoxy) is 2. The second kappa shape index (κ2) is 11.1. The molecule has 2 aromatic carbocycles. The summed E-state index contributed by atoms with van der Waals surface area (Å²) in [6.45, 7) is 0. The maximum Gasteiger partial charge on any atom is 0.249 e. The molecular weight excluding hydrogens is 479 g/mol. The molecule has 0 radical (unpaired) electrons. The molecule has 0 spiro atoms. The fourth-order valence-electron chi connectivity index (χ4n) is 3.74. The largest absolute Gasteiger partial charge is 0.497 e. The van der Waals surface area contributed by atoms with E-state index >= 15 is 0 Å². The number of nitrogens with zero attached hydrogens (tertiary/aromatic N) is 3. The van der Waals surface area contributed by atoms with Gasteiger partial charge in [-0.25, -0.2) is 14.4 Å². The van der Waals surface area contributed by atoms with Crippen molar-refractivity contribution in [1.82, 2.24) is 14.5 Å². The Hall–Kier alpha value is -4.11. The second-order valence-corrected chi connectivity index (χ2v) is 8.50. The Morgan fingerprint density at radius 1 is 1.06 bits per heavy atom. The van der Waals surface area contributed by atoms with Crippen molar-refractivity contribution in [2.24, 2.45) is 7.05 Å². The van der Waals surface area contributed by atoms with Crippen LogP contribution in [0, 0.1) is 5.82 Å². The van der Waals surface area contributed by atoms with E-state index in [9.17, 15) is 9.18 Å². The first-order valence-corrected chi connectivity index (χ1v) is 12.2. The molecule has 184 valence electrons. The number of hydrogen-bond acceptors (Lipinski definition) is 6. The lowest BCUT2D eigenvalue weighted by atomic mass is 10.1. The zero-order valence-electron chi connectivity index (χ0n) is 20.3. The first-order valence-electron chi connectivity index (χ1n) is 11.0.